The van der Waals surface area contributed by atoms with E-state index in [2.05, 4.69) is 22.9 Å². The maximum Gasteiger partial charge on any atom is 0.237 e. The van der Waals surface area contributed by atoms with Gasteiger partial charge in [-0.2, -0.15) is 0 Å². The molecule has 2 saturated carbocycles. The predicted octanol–water partition coefficient (Wildman–Crippen LogP) is 1.72. The molecule has 8 atom stereocenters. The summed E-state index contributed by atoms with van der Waals surface area (Å²) in [5.74, 6) is 1.07. The number of ether oxygens (including phenoxy) is 1. The van der Waals surface area contributed by atoms with Crippen molar-refractivity contribution < 1.29 is 13.9 Å². The van der Waals surface area contributed by atoms with Crippen LogP contribution in [0.2, 0.25) is 0 Å². The molecule has 0 aromatic carbocycles. The number of carbonyl (C=O) groups excluding carboxylic acids is 1. The predicted molar refractivity (Wildman–Crippen MR) is 93.7 cm³/mol. The molecular formula is C19H32FN3O2. The van der Waals surface area contributed by atoms with Crippen molar-refractivity contribution in [2.75, 3.05) is 13.3 Å². The van der Waals surface area contributed by atoms with Gasteiger partial charge in [-0.25, -0.2) is 4.39 Å². The number of halogens is 1. The van der Waals surface area contributed by atoms with Gasteiger partial charge in [0.1, 0.15) is 6.17 Å². The van der Waals surface area contributed by atoms with E-state index < -0.39 is 6.17 Å². The molecule has 4 aliphatic rings. The zero-order valence-electron chi connectivity index (χ0n) is 15.2. The van der Waals surface area contributed by atoms with Crippen molar-refractivity contribution in [3.05, 3.63) is 0 Å². The number of hydrogen-bond donors (Lipinski definition) is 3. The Bertz CT molecular complexity index is 467. The SMILES string of the molecule is CC1CCC(F)C2CC(C(=O)NC3CCCC(C4CNCO4)C3)NC12. The van der Waals surface area contributed by atoms with Gasteiger partial charge in [0.05, 0.1) is 18.9 Å². The van der Waals surface area contributed by atoms with E-state index in [1.165, 1.54) is 6.42 Å². The molecule has 4 rings (SSSR count). The van der Waals surface area contributed by atoms with Gasteiger partial charge in [0.15, 0.2) is 0 Å². The van der Waals surface area contributed by atoms with Crippen molar-refractivity contribution in [2.45, 2.75) is 82.3 Å². The van der Waals surface area contributed by atoms with E-state index in [4.69, 9.17) is 4.74 Å². The quantitative estimate of drug-likeness (QED) is 0.723. The lowest BCUT2D eigenvalue weighted by molar-refractivity contribution is -0.124. The van der Waals surface area contributed by atoms with Crippen molar-refractivity contribution >= 4 is 5.91 Å². The molecule has 5 nitrogen and oxygen atoms in total. The summed E-state index contributed by atoms with van der Waals surface area (Å²) >= 11 is 0. The number of alkyl halides is 1. The standard InChI is InChI=1S/C19H32FN3O2/c1-11-5-6-15(20)14-8-16(23-18(11)14)19(24)22-13-4-2-3-12(7-13)17-9-21-10-25-17/h11-18,21,23H,2-10H2,1H3,(H,22,24). The van der Waals surface area contributed by atoms with Gasteiger partial charge in [-0.1, -0.05) is 13.3 Å². The van der Waals surface area contributed by atoms with E-state index in [0.29, 0.717) is 37.5 Å². The van der Waals surface area contributed by atoms with Crippen LogP contribution < -0.4 is 16.0 Å². The molecule has 2 heterocycles. The average molecular weight is 353 g/mol. The maximum atomic E-state index is 14.2. The number of nitrogens with one attached hydrogen (secondary N) is 3. The number of carbonyl (C=O) groups is 1. The summed E-state index contributed by atoms with van der Waals surface area (Å²) in [6, 6.07) is 0.175. The second-order valence-corrected chi connectivity index (χ2v) is 8.65. The van der Waals surface area contributed by atoms with Crippen LogP contribution in [0.15, 0.2) is 0 Å². The molecule has 0 bridgehead atoms. The van der Waals surface area contributed by atoms with Gasteiger partial charge in [0, 0.05) is 24.5 Å². The zero-order chi connectivity index (χ0) is 17.4. The molecule has 0 radical (unpaired) electrons. The van der Waals surface area contributed by atoms with Crippen LogP contribution >= 0.6 is 0 Å². The third-order valence-electron chi connectivity index (χ3n) is 6.99. The lowest BCUT2D eigenvalue weighted by Gasteiger charge is -2.34. The molecule has 0 aromatic rings. The van der Waals surface area contributed by atoms with Crippen LogP contribution in [0.25, 0.3) is 0 Å². The van der Waals surface area contributed by atoms with Gasteiger partial charge < -0.3 is 15.4 Å². The molecule has 2 aliphatic heterocycles. The molecule has 142 valence electrons. The first-order valence-electron chi connectivity index (χ1n) is 10.1. The molecule has 0 spiro atoms. The third-order valence-corrected chi connectivity index (χ3v) is 6.99. The average Bonchev–Trinajstić information content (AvgIpc) is 3.28. The number of hydrogen-bond acceptors (Lipinski definition) is 4. The van der Waals surface area contributed by atoms with Gasteiger partial charge in [-0.15, -0.1) is 0 Å². The Morgan fingerprint density at radius 3 is 2.84 bits per heavy atom. The minimum Gasteiger partial charge on any atom is -0.361 e. The lowest BCUT2D eigenvalue weighted by atomic mass is 9.77. The summed E-state index contributed by atoms with van der Waals surface area (Å²) in [5.41, 5.74) is 0. The fraction of sp³-hybridized carbons (Fsp3) is 0.947. The van der Waals surface area contributed by atoms with Gasteiger partial charge in [0.2, 0.25) is 5.91 Å². The Kier molecular flexibility index (Phi) is 5.30. The van der Waals surface area contributed by atoms with Crippen molar-refractivity contribution in [3.8, 4) is 0 Å². The summed E-state index contributed by atoms with van der Waals surface area (Å²) in [5, 5.41) is 9.95. The van der Waals surface area contributed by atoms with Crippen LogP contribution in [0.3, 0.4) is 0 Å². The van der Waals surface area contributed by atoms with E-state index in [1.807, 2.05) is 0 Å². The van der Waals surface area contributed by atoms with Crippen LogP contribution in [0, 0.1) is 17.8 Å². The summed E-state index contributed by atoms with van der Waals surface area (Å²) in [4.78, 5) is 12.8. The van der Waals surface area contributed by atoms with Gasteiger partial charge in [0.25, 0.3) is 0 Å². The number of fused-ring (bicyclic) bond motifs is 1. The molecule has 6 heteroatoms. The van der Waals surface area contributed by atoms with Crippen molar-refractivity contribution in [2.24, 2.45) is 17.8 Å². The zero-order valence-corrected chi connectivity index (χ0v) is 15.2. The van der Waals surface area contributed by atoms with Gasteiger partial charge >= 0.3 is 0 Å². The minimum absolute atomic E-state index is 0.0107. The van der Waals surface area contributed by atoms with Gasteiger partial charge in [-0.3, -0.25) is 10.1 Å². The largest absolute Gasteiger partial charge is 0.361 e. The molecule has 2 aliphatic carbocycles. The Hall–Kier alpha value is -0.720. The number of rotatable bonds is 3. The topological polar surface area (TPSA) is 62.4 Å². The van der Waals surface area contributed by atoms with E-state index in [-0.39, 0.29) is 30.0 Å². The molecule has 3 N–H and O–H groups in total. The third kappa shape index (κ3) is 3.71. The molecule has 4 fully saturated rings. The molecular weight excluding hydrogens is 321 g/mol. The highest BCUT2D eigenvalue weighted by Crippen LogP contribution is 2.38. The molecule has 25 heavy (non-hydrogen) atoms. The van der Waals surface area contributed by atoms with Gasteiger partial charge in [-0.05, 0) is 50.4 Å². The minimum atomic E-state index is -0.752. The molecule has 2 saturated heterocycles. The van der Waals surface area contributed by atoms with E-state index in [9.17, 15) is 9.18 Å². The highest BCUT2D eigenvalue weighted by molar-refractivity contribution is 5.82. The Morgan fingerprint density at radius 2 is 2.08 bits per heavy atom. The second-order valence-electron chi connectivity index (χ2n) is 8.65. The fourth-order valence-electron chi connectivity index (χ4n) is 5.53. The summed E-state index contributed by atoms with van der Waals surface area (Å²) < 4.78 is 20.0. The first-order valence-corrected chi connectivity index (χ1v) is 10.1. The maximum absolute atomic E-state index is 14.2. The fourth-order valence-corrected chi connectivity index (χ4v) is 5.53. The van der Waals surface area contributed by atoms with Crippen LogP contribution in [0.1, 0.15) is 51.9 Å². The first-order chi connectivity index (χ1) is 12.1. The van der Waals surface area contributed by atoms with Crippen molar-refractivity contribution in [1.29, 1.82) is 0 Å². The Balaban J connectivity index is 1.31. The van der Waals surface area contributed by atoms with Crippen LogP contribution in [-0.4, -0.2) is 49.6 Å². The normalized spacial score (nSPS) is 47.4. The summed E-state index contributed by atoms with van der Waals surface area (Å²) in [6.45, 7) is 3.75. The molecule has 1 amide bonds. The monoisotopic (exact) mass is 353 g/mol. The van der Waals surface area contributed by atoms with E-state index >= 15 is 0 Å². The van der Waals surface area contributed by atoms with E-state index in [0.717, 1.165) is 32.2 Å². The second kappa shape index (κ2) is 7.49. The van der Waals surface area contributed by atoms with Crippen LogP contribution in [0.4, 0.5) is 4.39 Å². The lowest BCUT2D eigenvalue weighted by Crippen LogP contribution is -2.50. The summed E-state index contributed by atoms with van der Waals surface area (Å²) in [7, 11) is 0. The molecule has 8 unspecified atom stereocenters. The Morgan fingerprint density at radius 1 is 1.20 bits per heavy atom. The molecule has 0 aromatic heterocycles. The highest BCUT2D eigenvalue weighted by Gasteiger charge is 2.46. The first kappa shape index (κ1) is 17.7. The van der Waals surface area contributed by atoms with E-state index in [1.54, 1.807) is 0 Å². The summed E-state index contributed by atoms with van der Waals surface area (Å²) in [6.07, 6.45) is 6.13. The Labute approximate surface area is 149 Å². The highest BCUT2D eigenvalue weighted by atomic mass is 19.1. The van der Waals surface area contributed by atoms with Crippen LogP contribution in [-0.2, 0) is 9.53 Å². The smallest absolute Gasteiger partial charge is 0.237 e. The van der Waals surface area contributed by atoms with Crippen molar-refractivity contribution in [3.63, 3.8) is 0 Å². The van der Waals surface area contributed by atoms with Crippen molar-refractivity contribution in [1.82, 2.24) is 16.0 Å². The van der Waals surface area contributed by atoms with Crippen LogP contribution in [0.5, 0.6) is 0 Å². The number of amides is 1.